The van der Waals surface area contributed by atoms with Gasteiger partial charge < -0.3 is 14.2 Å². The Balaban J connectivity index is 4.41. The van der Waals surface area contributed by atoms with E-state index in [1.54, 1.807) is 0 Å². The molecule has 0 N–H and O–H groups in total. The summed E-state index contributed by atoms with van der Waals surface area (Å²) in [5.74, 6) is -0.903. The zero-order valence-electron chi connectivity index (χ0n) is 41.8. The smallest absolute Gasteiger partial charge is 0.306 e. The molecule has 0 heterocycles. The van der Waals surface area contributed by atoms with Crippen molar-refractivity contribution in [3.05, 3.63) is 48.6 Å². The van der Waals surface area contributed by atoms with Crippen LogP contribution in [0.3, 0.4) is 0 Å². The average Bonchev–Trinajstić information content (AvgIpc) is 3.28. The van der Waals surface area contributed by atoms with Gasteiger partial charge in [-0.25, -0.2) is 0 Å². The molecular formula is C57H102O6. The first-order valence-corrected chi connectivity index (χ1v) is 27.1. The molecule has 0 amide bonds. The summed E-state index contributed by atoms with van der Waals surface area (Å²) in [7, 11) is 0. The van der Waals surface area contributed by atoms with Gasteiger partial charge in [-0.2, -0.15) is 0 Å². The molecule has 0 aromatic rings. The number of rotatable bonds is 49. The minimum atomic E-state index is -0.785. The highest BCUT2D eigenvalue weighted by Crippen LogP contribution is 2.15. The maximum atomic E-state index is 12.8. The molecule has 0 aliphatic carbocycles. The molecule has 0 aromatic carbocycles. The summed E-state index contributed by atoms with van der Waals surface area (Å²) in [4.78, 5) is 38.0. The number of hydrogen-bond donors (Lipinski definition) is 0. The van der Waals surface area contributed by atoms with Crippen LogP contribution in [0, 0.1) is 0 Å². The Morgan fingerprint density at radius 3 is 0.952 bits per heavy atom. The van der Waals surface area contributed by atoms with E-state index < -0.39 is 6.10 Å². The highest BCUT2D eigenvalue weighted by molar-refractivity contribution is 5.71. The number of carbonyl (C=O) groups excluding carboxylic acids is 3. The van der Waals surface area contributed by atoms with Crippen LogP contribution in [0.4, 0.5) is 0 Å². The lowest BCUT2D eigenvalue weighted by Crippen LogP contribution is -2.30. The SMILES string of the molecule is CCCCC/C=C\C/C=C\C/C=C\CCCCCCC(=O)O[C@H](COC(=O)CCCCCCC/C=C\CCCCCC)COC(=O)CCCCCCCCCCCCCCCCC. The molecule has 0 saturated carbocycles. The van der Waals surface area contributed by atoms with Gasteiger partial charge in [-0.1, -0.05) is 223 Å². The highest BCUT2D eigenvalue weighted by Gasteiger charge is 2.19. The lowest BCUT2D eigenvalue weighted by atomic mass is 10.0. The third kappa shape index (κ3) is 50.2. The first-order valence-electron chi connectivity index (χ1n) is 27.1. The summed E-state index contributed by atoms with van der Waals surface area (Å²) in [5, 5.41) is 0. The van der Waals surface area contributed by atoms with Crippen molar-refractivity contribution in [2.45, 2.75) is 284 Å². The lowest BCUT2D eigenvalue weighted by molar-refractivity contribution is -0.167. The summed E-state index contributed by atoms with van der Waals surface area (Å²) >= 11 is 0. The summed E-state index contributed by atoms with van der Waals surface area (Å²) < 4.78 is 16.8. The molecule has 1 atom stereocenters. The Labute approximate surface area is 390 Å². The Morgan fingerprint density at radius 2 is 0.571 bits per heavy atom. The van der Waals surface area contributed by atoms with Gasteiger partial charge in [0.15, 0.2) is 6.10 Å². The van der Waals surface area contributed by atoms with Crippen molar-refractivity contribution in [1.82, 2.24) is 0 Å². The summed E-state index contributed by atoms with van der Waals surface area (Å²) in [6.07, 6.45) is 62.3. The van der Waals surface area contributed by atoms with Crippen LogP contribution in [0.5, 0.6) is 0 Å². The lowest BCUT2D eigenvalue weighted by Gasteiger charge is -2.18. The summed E-state index contributed by atoms with van der Waals surface area (Å²) in [6.45, 7) is 6.59. The third-order valence-electron chi connectivity index (χ3n) is 11.8. The van der Waals surface area contributed by atoms with E-state index in [9.17, 15) is 14.4 Å². The van der Waals surface area contributed by atoms with Crippen molar-refractivity contribution in [2.75, 3.05) is 13.2 Å². The molecule has 6 nitrogen and oxygen atoms in total. The monoisotopic (exact) mass is 883 g/mol. The van der Waals surface area contributed by atoms with E-state index in [-0.39, 0.29) is 31.1 Å². The molecule has 0 saturated heterocycles. The molecule has 0 aromatic heterocycles. The summed E-state index contributed by atoms with van der Waals surface area (Å²) in [6, 6.07) is 0. The molecule has 0 radical (unpaired) electrons. The van der Waals surface area contributed by atoms with Crippen molar-refractivity contribution in [3.8, 4) is 0 Å². The van der Waals surface area contributed by atoms with Gasteiger partial charge in [-0.05, 0) is 83.5 Å². The Bertz CT molecular complexity index is 1110. The number of allylic oxidation sites excluding steroid dienone is 8. The van der Waals surface area contributed by atoms with Crippen LogP contribution in [0.15, 0.2) is 48.6 Å². The molecule has 0 rings (SSSR count). The van der Waals surface area contributed by atoms with Gasteiger partial charge in [0.1, 0.15) is 13.2 Å². The zero-order valence-corrected chi connectivity index (χ0v) is 41.8. The van der Waals surface area contributed by atoms with Crippen LogP contribution in [0.25, 0.3) is 0 Å². The average molecular weight is 883 g/mol. The van der Waals surface area contributed by atoms with Crippen LogP contribution >= 0.6 is 0 Å². The molecule has 63 heavy (non-hydrogen) atoms. The molecule has 0 unspecified atom stereocenters. The highest BCUT2D eigenvalue weighted by atomic mass is 16.6. The number of unbranched alkanes of at least 4 members (excludes halogenated alkanes) is 30. The number of carbonyl (C=O) groups is 3. The predicted octanol–water partition coefficient (Wildman–Crippen LogP) is 17.9. The van der Waals surface area contributed by atoms with Crippen LogP contribution in [-0.4, -0.2) is 37.2 Å². The normalized spacial score (nSPS) is 12.4. The minimum absolute atomic E-state index is 0.0823. The molecular weight excluding hydrogens is 781 g/mol. The van der Waals surface area contributed by atoms with Crippen molar-refractivity contribution < 1.29 is 28.6 Å². The van der Waals surface area contributed by atoms with E-state index in [2.05, 4.69) is 69.4 Å². The number of ether oxygens (including phenoxy) is 3. The first-order chi connectivity index (χ1) is 31.0. The maximum Gasteiger partial charge on any atom is 0.306 e. The van der Waals surface area contributed by atoms with Crippen LogP contribution in [0.1, 0.15) is 278 Å². The molecule has 366 valence electrons. The molecule has 0 aliphatic rings. The van der Waals surface area contributed by atoms with Gasteiger partial charge in [0.05, 0.1) is 0 Å². The standard InChI is InChI=1S/C57H102O6/c1-4-7-10-13-16-19-22-25-27-28-30-33-36-39-42-45-48-51-57(60)63-54(52-61-55(58)49-46-43-40-37-34-31-24-21-18-15-12-9-6-3)53-62-56(59)50-47-44-41-38-35-32-29-26-23-20-17-14-11-8-5-2/h16,19,21,24-25,27,30,33,54H,4-15,17-18,20,22-23,26,28-29,31-32,34-53H2,1-3H3/b19-16-,24-21-,27-25-,33-30-/t54-/m1/s1. The second kappa shape index (κ2) is 52.0. The molecule has 0 spiro atoms. The quantitative estimate of drug-likeness (QED) is 0.0262. The molecule has 0 bridgehead atoms. The van der Waals surface area contributed by atoms with Crippen molar-refractivity contribution >= 4 is 17.9 Å². The van der Waals surface area contributed by atoms with Gasteiger partial charge in [-0.15, -0.1) is 0 Å². The number of hydrogen-bond acceptors (Lipinski definition) is 6. The van der Waals surface area contributed by atoms with E-state index in [1.807, 2.05) is 0 Å². The molecule has 0 fully saturated rings. The largest absolute Gasteiger partial charge is 0.462 e. The Morgan fingerprint density at radius 1 is 0.317 bits per heavy atom. The van der Waals surface area contributed by atoms with E-state index in [1.165, 1.54) is 148 Å². The topological polar surface area (TPSA) is 78.9 Å². The molecule has 0 aliphatic heterocycles. The molecule has 6 heteroatoms. The van der Waals surface area contributed by atoms with Gasteiger partial charge in [0, 0.05) is 19.3 Å². The fourth-order valence-corrected chi connectivity index (χ4v) is 7.68. The van der Waals surface area contributed by atoms with E-state index in [4.69, 9.17) is 14.2 Å². The summed E-state index contributed by atoms with van der Waals surface area (Å²) in [5.41, 5.74) is 0. The van der Waals surface area contributed by atoms with E-state index in [0.29, 0.717) is 19.3 Å². The second-order valence-electron chi connectivity index (χ2n) is 18.1. The third-order valence-corrected chi connectivity index (χ3v) is 11.8. The van der Waals surface area contributed by atoms with E-state index >= 15 is 0 Å². The maximum absolute atomic E-state index is 12.8. The Hall–Kier alpha value is -2.63. The zero-order chi connectivity index (χ0) is 45.8. The van der Waals surface area contributed by atoms with Gasteiger partial charge in [0.25, 0.3) is 0 Å². The van der Waals surface area contributed by atoms with Gasteiger partial charge in [0.2, 0.25) is 0 Å². The van der Waals surface area contributed by atoms with Crippen molar-refractivity contribution in [1.29, 1.82) is 0 Å². The van der Waals surface area contributed by atoms with Crippen molar-refractivity contribution in [2.24, 2.45) is 0 Å². The van der Waals surface area contributed by atoms with Crippen molar-refractivity contribution in [3.63, 3.8) is 0 Å². The minimum Gasteiger partial charge on any atom is -0.462 e. The van der Waals surface area contributed by atoms with Crippen LogP contribution in [0.2, 0.25) is 0 Å². The Kier molecular flexibility index (Phi) is 49.8. The van der Waals surface area contributed by atoms with E-state index in [0.717, 1.165) is 89.9 Å². The van der Waals surface area contributed by atoms with Gasteiger partial charge >= 0.3 is 17.9 Å². The second-order valence-corrected chi connectivity index (χ2v) is 18.1. The fraction of sp³-hybridized carbons (Fsp3) is 0.807. The van der Waals surface area contributed by atoms with Crippen LogP contribution < -0.4 is 0 Å². The number of esters is 3. The first kappa shape index (κ1) is 60.4. The van der Waals surface area contributed by atoms with Crippen LogP contribution in [-0.2, 0) is 28.6 Å². The fourth-order valence-electron chi connectivity index (χ4n) is 7.68. The van der Waals surface area contributed by atoms with Gasteiger partial charge in [-0.3, -0.25) is 14.4 Å². The predicted molar refractivity (Wildman–Crippen MR) is 270 cm³/mol.